The number of carbonyl (C=O) groups is 1. The molecule has 16 heavy (non-hydrogen) atoms. The van der Waals surface area contributed by atoms with Crippen molar-refractivity contribution < 1.29 is 15.1 Å². The van der Waals surface area contributed by atoms with Crippen molar-refractivity contribution in [2.45, 2.75) is 25.0 Å². The summed E-state index contributed by atoms with van der Waals surface area (Å²) in [5.74, 6) is -0.648. The van der Waals surface area contributed by atoms with Crippen LogP contribution in [0.1, 0.15) is 12.8 Å². The van der Waals surface area contributed by atoms with E-state index in [1.807, 2.05) is 0 Å². The number of aliphatic hydroxyl groups excluding tert-OH is 1. The number of carbonyl (C=O) groups excluding carboxylic acids is 1. The molecule has 1 amide bonds. The second kappa shape index (κ2) is 4.67. The molecular formula is C10H19N3O3. The summed E-state index contributed by atoms with van der Waals surface area (Å²) in [4.78, 5) is 13.3. The van der Waals surface area contributed by atoms with Crippen LogP contribution < -0.4 is 5.73 Å². The Bertz CT molecular complexity index is 274. The monoisotopic (exact) mass is 229 g/mol. The molecule has 0 bridgehead atoms. The van der Waals surface area contributed by atoms with Crippen molar-refractivity contribution in [1.29, 1.82) is 0 Å². The summed E-state index contributed by atoms with van der Waals surface area (Å²) in [5.41, 5.74) is 5.27. The van der Waals surface area contributed by atoms with E-state index in [2.05, 4.69) is 4.90 Å². The third kappa shape index (κ3) is 2.52. The summed E-state index contributed by atoms with van der Waals surface area (Å²) in [6, 6.07) is 0.119. The molecular weight excluding hydrogens is 210 g/mol. The second-order valence-electron chi connectivity index (χ2n) is 4.80. The summed E-state index contributed by atoms with van der Waals surface area (Å²) in [7, 11) is 0. The van der Waals surface area contributed by atoms with E-state index in [0.29, 0.717) is 26.1 Å². The maximum absolute atomic E-state index is 11.1. The van der Waals surface area contributed by atoms with Crippen molar-refractivity contribution in [1.82, 2.24) is 9.96 Å². The summed E-state index contributed by atoms with van der Waals surface area (Å²) >= 11 is 0. The van der Waals surface area contributed by atoms with Gasteiger partial charge in [-0.25, -0.2) is 0 Å². The lowest BCUT2D eigenvalue weighted by Gasteiger charge is -2.37. The summed E-state index contributed by atoms with van der Waals surface area (Å²) in [6.07, 6.45) is 1.17. The Hall–Kier alpha value is -0.690. The molecule has 0 aromatic carbocycles. The van der Waals surface area contributed by atoms with Crippen LogP contribution >= 0.6 is 0 Å². The van der Waals surface area contributed by atoms with Crippen LogP contribution in [-0.2, 0) is 4.79 Å². The van der Waals surface area contributed by atoms with Gasteiger partial charge >= 0.3 is 0 Å². The second-order valence-corrected chi connectivity index (χ2v) is 4.80. The number of hydrogen-bond donors (Lipinski definition) is 3. The molecule has 0 radical (unpaired) electrons. The minimum atomic E-state index is -0.358. The van der Waals surface area contributed by atoms with Crippen LogP contribution in [0.4, 0.5) is 0 Å². The molecule has 2 unspecified atom stereocenters. The molecule has 2 aliphatic rings. The first kappa shape index (κ1) is 11.8. The summed E-state index contributed by atoms with van der Waals surface area (Å²) in [6.45, 7) is 2.30. The van der Waals surface area contributed by atoms with Crippen LogP contribution in [0.3, 0.4) is 0 Å². The van der Waals surface area contributed by atoms with Gasteiger partial charge in [-0.15, -0.1) is 0 Å². The molecule has 92 valence electrons. The topological polar surface area (TPSA) is 90.0 Å². The molecule has 2 fully saturated rings. The Labute approximate surface area is 94.6 Å². The van der Waals surface area contributed by atoms with Crippen LogP contribution in [0.15, 0.2) is 0 Å². The van der Waals surface area contributed by atoms with E-state index in [0.717, 1.165) is 18.0 Å². The number of β-amino-alcohol motifs (C(OH)–C–C–N with tert-alkyl or cyclic N) is 1. The molecule has 4 N–H and O–H groups in total. The number of nitrogens with zero attached hydrogens (tertiary/aromatic N) is 2. The van der Waals surface area contributed by atoms with Gasteiger partial charge in [-0.05, 0) is 12.8 Å². The number of hydroxylamine groups is 2. The Morgan fingerprint density at radius 1 is 1.31 bits per heavy atom. The highest BCUT2D eigenvalue weighted by Crippen LogP contribution is 2.23. The molecule has 0 spiro atoms. The SMILES string of the molecule is NC(=O)C1CC(N2CC[C@@H](O)C2)CN(O)C1. The minimum absolute atomic E-state index is 0.119. The summed E-state index contributed by atoms with van der Waals surface area (Å²) < 4.78 is 0. The lowest BCUT2D eigenvalue weighted by molar-refractivity contribution is -0.150. The third-order valence-electron chi connectivity index (χ3n) is 3.52. The molecule has 0 aromatic rings. The highest BCUT2D eigenvalue weighted by atomic mass is 16.5. The van der Waals surface area contributed by atoms with Crippen LogP contribution in [0, 0.1) is 5.92 Å². The Morgan fingerprint density at radius 2 is 2.06 bits per heavy atom. The van der Waals surface area contributed by atoms with Gasteiger partial charge in [0.25, 0.3) is 0 Å². The zero-order valence-corrected chi connectivity index (χ0v) is 9.25. The minimum Gasteiger partial charge on any atom is -0.392 e. The Morgan fingerprint density at radius 3 is 2.62 bits per heavy atom. The molecule has 6 nitrogen and oxygen atoms in total. The van der Waals surface area contributed by atoms with E-state index in [4.69, 9.17) is 5.73 Å². The van der Waals surface area contributed by atoms with E-state index in [1.54, 1.807) is 0 Å². The van der Waals surface area contributed by atoms with Gasteiger partial charge in [0.2, 0.25) is 5.91 Å². The Kier molecular flexibility index (Phi) is 3.44. The fourth-order valence-electron chi connectivity index (χ4n) is 2.62. The van der Waals surface area contributed by atoms with E-state index in [-0.39, 0.29) is 24.0 Å². The van der Waals surface area contributed by atoms with E-state index in [9.17, 15) is 15.1 Å². The first-order valence-electron chi connectivity index (χ1n) is 5.71. The van der Waals surface area contributed by atoms with Crippen molar-refractivity contribution >= 4 is 5.91 Å². The van der Waals surface area contributed by atoms with Gasteiger partial charge in [0, 0.05) is 32.2 Å². The highest BCUT2D eigenvalue weighted by Gasteiger charge is 2.35. The van der Waals surface area contributed by atoms with Gasteiger partial charge < -0.3 is 16.0 Å². The van der Waals surface area contributed by atoms with Gasteiger partial charge in [0.05, 0.1) is 12.0 Å². The van der Waals surface area contributed by atoms with Crippen molar-refractivity contribution in [3.8, 4) is 0 Å². The number of hydrogen-bond acceptors (Lipinski definition) is 5. The van der Waals surface area contributed by atoms with Gasteiger partial charge in [-0.1, -0.05) is 0 Å². The molecule has 2 rings (SSSR count). The van der Waals surface area contributed by atoms with Crippen molar-refractivity contribution in [2.24, 2.45) is 11.7 Å². The number of amides is 1. The largest absolute Gasteiger partial charge is 0.392 e. The van der Waals surface area contributed by atoms with Gasteiger partial charge in [0.15, 0.2) is 0 Å². The van der Waals surface area contributed by atoms with E-state index >= 15 is 0 Å². The highest BCUT2D eigenvalue weighted by molar-refractivity contribution is 5.77. The van der Waals surface area contributed by atoms with Crippen LogP contribution in [0.25, 0.3) is 0 Å². The number of piperidine rings is 1. The average molecular weight is 229 g/mol. The first-order chi connectivity index (χ1) is 7.56. The lowest BCUT2D eigenvalue weighted by atomic mass is 9.94. The van der Waals surface area contributed by atoms with Crippen LogP contribution in [0.2, 0.25) is 0 Å². The standard InChI is InChI=1S/C10H19N3O3/c11-10(15)7-3-8(5-13(16)4-7)12-2-1-9(14)6-12/h7-9,14,16H,1-6H2,(H2,11,15)/t7?,8?,9-/m1/s1. The van der Waals surface area contributed by atoms with E-state index < -0.39 is 0 Å². The quantitative estimate of drug-likeness (QED) is 0.543. The first-order valence-corrected chi connectivity index (χ1v) is 5.71. The maximum Gasteiger partial charge on any atom is 0.221 e. The molecule has 6 heteroatoms. The predicted octanol–water partition coefficient (Wildman–Crippen LogP) is -1.38. The molecule has 0 aromatic heterocycles. The van der Waals surface area contributed by atoms with Crippen LogP contribution in [-0.4, -0.2) is 64.5 Å². The van der Waals surface area contributed by atoms with Gasteiger partial charge in [0.1, 0.15) is 0 Å². The fraction of sp³-hybridized carbons (Fsp3) is 0.900. The maximum atomic E-state index is 11.1. The number of rotatable bonds is 2. The van der Waals surface area contributed by atoms with Crippen LogP contribution in [0.5, 0.6) is 0 Å². The molecule has 0 saturated carbocycles. The van der Waals surface area contributed by atoms with E-state index in [1.165, 1.54) is 0 Å². The molecule has 0 aliphatic carbocycles. The third-order valence-corrected chi connectivity index (χ3v) is 3.52. The average Bonchev–Trinajstić information content (AvgIpc) is 2.64. The number of primary amides is 1. The fourth-order valence-corrected chi connectivity index (χ4v) is 2.62. The lowest BCUT2D eigenvalue weighted by Crippen LogP contribution is -2.52. The van der Waals surface area contributed by atoms with Gasteiger partial charge in [-0.2, -0.15) is 5.06 Å². The summed E-state index contributed by atoms with van der Waals surface area (Å²) in [5, 5.41) is 20.2. The number of likely N-dealkylation sites (tertiary alicyclic amines) is 1. The van der Waals surface area contributed by atoms with Crippen molar-refractivity contribution in [3.63, 3.8) is 0 Å². The normalized spacial score (nSPS) is 37.8. The molecule has 2 saturated heterocycles. The smallest absolute Gasteiger partial charge is 0.221 e. The van der Waals surface area contributed by atoms with Gasteiger partial charge in [-0.3, -0.25) is 9.69 Å². The zero-order valence-electron chi connectivity index (χ0n) is 9.25. The number of aliphatic hydroxyl groups is 1. The molecule has 3 atom stereocenters. The Balaban J connectivity index is 1.96. The number of nitrogens with two attached hydrogens (primary N) is 1. The van der Waals surface area contributed by atoms with Crippen molar-refractivity contribution in [2.75, 3.05) is 26.2 Å². The molecule has 2 heterocycles. The zero-order chi connectivity index (χ0) is 11.7. The predicted molar refractivity (Wildman–Crippen MR) is 56.6 cm³/mol. The molecule has 2 aliphatic heterocycles. The van der Waals surface area contributed by atoms with Crippen molar-refractivity contribution in [3.05, 3.63) is 0 Å².